The van der Waals surface area contributed by atoms with Gasteiger partial charge in [0, 0.05) is 46.7 Å². The summed E-state index contributed by atoms with van der Waals surface area (Å²) in [5.41, 5.74) is 6.91. The predicted octanol–water partition coefficient (Wildman–Crippen LogP) is 7.53. The second-order valence-electron chi connectivity index (χ2n) is 9.03. The van der Waals surface area contributed by atoms with Crippen molar-refractivity contribution >= 4 is 10.9 Å². The number of ether oxygens (including phenoxy) is 2. The molecule has 37 heavy (non-hydrogen) atoms. The van der Waals surface area contributed by atoms with Crippen LogP contribution in [0.5, 0.6) is 5.75 Å². The molecule has 0 aliphatic carbocycles. The Labute approximate surface area is 216 Å². The van der Waals surface area contributed by atoms with Gasteiger partial charge in [-0.1, -0.05) is 97.1 Å². The molecule has 0 aliphatic heterocycles. The van der Waals surface area contributed by atoms with E-state index in [2.05, 4.69) is 119 Å². The van der Waals surface area contributed by atoms with Crippen LogP contribution in [-0.4, -0.2) is 23.9 Å². The van der Waals surface area contributed by atoms with Gasteiger partial charge in [0.15, 0.2) is 6.79 Å². The largest absolute Gasteiger partial charge is 0.467 e. The molecule has 2 heterocycles. The van der Waals surface area contributed by atoms with E-state index in [4.69, 9.17) is 9.47 Å². The zero-order chi connectivity index (χ0) is 25.1. The lowest BCUT2D eigenvalue weighted by molar-refractivity contribution is 0.0501. The van der Waals surface area contributed by atoms with Gasteiger partial charge in [-0.15, -0.1) is 0 Å². The van der Waals surface area contributed by atoms with Gasteiger partial charge in [-0.05, 0) is 35.4 Å². The van der Waals surface area contributed by atoms with Gasteiger partial charge in [-0.2, -0.15) is 0 Å². The molecular weight excluding hydrogens is 456 g/mol. The molecule has 2 aromatic heterocycles. The third kappa shape index (κ3) is 3.83. The summed E-state index contributed by atoms with van der Waals surface area (Å²) in [6, 6.07) is 42.2. The molecule has 1 atom stereocenters. The van der Waals surface area contributed by atoms with Crippen LogP contribution in [0.2, 0.25) is 0 Å². The molecule has 0 saturated heterocycles. The number of hydrogen-bond donors (Lipinski definition) is 2. The minimum Gasteiger partial charge on any atom is -0.467 e. The summed E-state index contributed by atoms with van der Waals surface area (Å²) in [6.07, 6.45) is 1.98. The van der Waals surface area contributed by atoms with Crippen LogP contribution in [0.15, 0.2) is 128 Å². The van der Waals surface area contributed by atoms with E-state index in [1.165, 1.54) is 5.39 Å². The topological polar surface area (TPSA) is 50.0 Å². The van der Waals surface area contributed by atoms with Gasteiger partial charge in [0.05, 0.1) is 0 Å². The predicted molar refractivity (Wildman–Crippen MR) is 149 cm³/mol. The second-order valence-corrected chi connectivity index (χ2v) is 9.03. The van der Waals surface area contributed by atoms with E-state index in [0.29, 0.717) is 0 Å². The number of aromatic nitrogens is 2. The van der Waals surface area contributed by atoms with E-state index in [1.807, 2.05) is 18.3 Å². The highest BCUT2D eigenvalue weighted by Gasteiger charge is 2.44. The Morgan fingerprint density at radius 1 is 0.703 bits per heavy atom. The summed E-state index contributed by atoms with van der Waals surface area (Å²) in [5.74, 6) is 0.764. The van der Waals surface area contributed by atoms with Crippen molar-refractivity contribution in [1.29, 1.82) is 0 Å². The van der Waals surface area contributed by atoms with Crippen molar-refractivity contribution in [3.8, 4) is 16.9 Å². The number of benzene rings is 4. The van der Waals surface area contributed by atoms with Crippen LogP contribution in [0.4, 0.5) is 0 Å². The molecule has 4 heteroatoms. The van der Waals surface area contributed by atoms with Gasteiger partial charge >= 0.3 is 0 Å². The van der Waals surface area contributed by atoms with E-state index in [9.17, 15) is 0 Å². The first kappa shape index (κ1) is 22.9. The maximum atomic E-state index is 6.20. The van der Waals surface area contributed by atoms with Crippen molar-refractivity contribution in [3.63, 3.8) is 0 Å². The van der Waals surface area contributed by atoms with Gasteiger partial charge in [0.2, 0.25) is 0 Å². The number of nitrogens with one attached hydrogen (secondary N) is 2. The fourth-order valence-electron chi connectivity index (χ4n) is 5.47. The van der Waals surface area contributed by atoms with E-state index >= 15 is 0 Å². The number of para-hydroxylation sites is 2. The third-order valence-electron chi connectivity index (χ3n) is 6.98. The first-order valence-electron chi connectivity index (χ1n) is 12.4. The molecule has 6 rings (SSSR count). The van der Waals surface area contributed by atoms with Crippen LogP contribution in [0.1, 0.15) is 22.5 Å². The zero-order valence-corrected chi connectivity index (χ0v) is 20.6. The summed E-state index contributed by atoms with van der Waals surface area (Å²) in [4.78, 5) is 7.44. The molecule has 182 valence electrons. The molecule has 1 unspecified atom stereocenters. The van der Waals surface area contributed by atoms with E-state index in [0.717, 1.165) is 44.9 Å². The molecule has 0 aliphatic rings. The molecule has 0 spiro atoms. The number of rotatable bonds is 8. The summed E-state index contributed by atoms with van der Waals surface area (Å²) in [5, 5.41) is 1.17. The Morgan fingerprint density at radius 3 is 2.16 bits per heavy atom. The lowest BCUT2D eigenvalue weighted by atomic mass is 9.67. The Morgan fingerprint density at radius 2 is 1.41 bits per heavy atom. The molecule has 2 N–H and O–H groups in total. The fourth-order valence-corrected chi connectivity index (χ4v) is 5.47. The SMILES string of the molecule is COCOc1ccccc1C(c1ccccc1)(c1ccc[nH]1)c1[nH]c2ccccc2c1-c1ccccc1. The first-order chi connectivity index (χ1) is 18.3. The fraction of sp³-hybridized carbons (Fsp3) is 0.0909. The zero-order valence-electron chi connectivity index (χ0n) is 20.6. The highest BCUT2D eigenvalue weighted by atomic mass is 16.7. The Hall–Kier alpha value is -4.54. The summed E-state index contributed by atoms with van der Waals surface area (Å²) in [7, 11) is 1.64. The Balaban J connectivity index is 1.80. The smallest absolute Gasteiger partial charge is 0.188 e. The molecule has 0 amide bonds. The second kappa shape index (κ2) is 9.84. The average molecular weight is 485 g/mol. The molecule has 0 bridgehead atoms. The highest BCUT2D eigenvalue weighted by molar-refractivity contribution is 5.99. The quantitative estimate of drug-likeness (QED) is 0.219. The summed E-state index contributed by atoms with van der Waals surface area (Å²) >= 11 is 0. The number of methoxy groups -OCH3 is 1. The van der Waals surface area contributed by atoms with E-state index < -0.39 is 5.41 Å². The highest BCUT2D eigenvalue weighted by Crippen LogP contribution is 2.51. The maximum Gasteiger partial charge on any atom is 0.188 e. The molecule has 6 aromatic rings. The van der Waals surface area contributed by atoms with Gasteiger partial charge < -0.3 is 19.4 Å². The van der Waals surface area contributed by atoms with E-state index in [-0.39, 0.29) is 6.79 Å². The van der Waals surface area contributed by atoms with Crippen molar-refractivity contribution < 1.29 is 9.47 Å². The Bertz CT molecular complexity index is 1600. The van der Waals surface area contributed by atoms with Gasteiger partial charge in [0.25, 0.3) is 0 Å². The third-order valence-corrected chi connectivity index (χ3v) is 6.98. The molecule has 4 aromatic carbocycles. The van der Waals surface area contributed by atoms with Crippen molar-refractivity contribution in [2.24, 2.45) is 0 Å². The lowest BCUT2D eigenvalue weighted by Crippen LogP contribution is -2.33. The van der Waals surface area contributed by atoms with E-state index in [1.54, 1.807) is 7.11 Å². The van der Waals surface area contributed by atoms with Gasteiger partial charge in [-0.3, -0.25) is 0 Å². The standard InChI is InChI=1S/C33H28N2O2/c1-36-23-37-29-20-11-9-18-27(29)33(30-21-12-22-34-30,25-15-6-3-7-16-25)32-31(24-13-4-2-5-14-24)26-17-8-10-19-28(26)35-32/h2-22,34-35H,23H2,1H3. The van der Waals surface area contributed by atoms with Crippen molar-refractivity contribution in [1.82, 2.24) is 9.97 Å². The van der Waals surface area contributed by atoms with Crippen molar-refractivity contribution in [2.75, 3.05) is 13.9 Å². The molecule has 0 radical (unpaired) electrons. The van der Waals surface area contributed by atoms with Crippen molar-refractivity contribution in [3.05, 3.63) is 150 Å². The van der Waals surface area contributed by atoms with Gasteiger partial charge in [-0.25, -0.2) is 0 Å². The van der Waals surface area contributed by atoms with Gasteiger partial charge in [0.1, 0.15) is 11.2 Å². The molecular formula is C33H28N2O2. The molecule has 4 nitrogen and oxygen atoms in total. The average Bonchev–Trinajstić information content (AvgIpc) is 3.63. The number of aromatic amines is 2. The molecule has 0 fully saturated rings. The minimum atomic E-state index is -0.737. The number of hydrogen-bond acceptors (Lipinski definition) is 2. The van der Waals surface area contributed by atoms with Crippen LogP contribution in [0, 0.1) is 0 Å². The molecule has 0 saturated carbocycles. The maximum absolute atomic E-state index is 6.20. The van der Waals surface area contributed by atoms with Crippen molar-refractivity contribution in [2.45, 2.75) is 5.41 Å². The Kier molecular flexibility index (Phi) is 6.09. The number of fused-ring (bicyclic) bond motifs is 1. The lowest BCUT2D eigenvalue weighted by Gasteiger charge is -2.36. The summed E-state index contributed by atoms with van der Waals surface area (Å²) < 4.78 is 11.5. The monoisotopic (exact) mass is 484 g/mol. The summed E-state index contributed by atoms with van der Waals surface area (Å²) in [6.45, 7) is 0.158. The van der Waals surface area contributed by atoms with Crippen LogP contribution in [-0.2, 0) is 10.2 Å². The van der Waals surface area contributed by atoms with Crippen LogP contribution < -0.4 is 4.74 Å². The van der Waals surface area contributed by atoms with Crippen LogP contribution >= 0.6 is 0 Å². The minimum absolute atomic E-state index is 0.158. The van der Waals surface area contributed by atoms with Crippen LogP contribution in [0.3, 0.4) is 0 Å². The number of H-pyrrole nitrogens is 2. The first-order valence-corrected chi connectivity index (χ1v) is 12.4. The van der Waals surface area contributed by atoms with Crippen LogP contribution in [0.25, 0.3) is 22.0 Å². The normalized spacial score (nSPS) is 12.9.